The molecule has 0 heterocycles. The molecule has 3 nitrogen and oxygen atoms in total. The monoisotopic (exact) mass is 268 g/mol. The van der Waals surface area contributed by atoms with E-state index in [9.17, 15) is 13.6 Å². The summed E-state index contributed by atoms with van der Waals surface area (Å²) in [5.41, 5.74) is -0.0529. The topological polar surface area (TPSA) is 64.7 Å². The number of ketones is 1. The van der Waals surface area contributed by atoms with Gasteiger partial charge in [-0.15, -0.1) is 11.8 Å². The lowest BCUT2D eigenvalue weighted by Gasteiger charge is -2.06. The Morgan fingerprint density at radius 1 is 1.56 bits per heavy atom. The quantitative estimate of drug-likeness (QED) is 0.659. The lowest BCUT2D eigenvalue weighted by molar-refractivity contribution is -0.117. The summed E-state index contributed by atoms with van der Waals surface area (Å²) < 4.78 is 26.1. The Labute approximate surface area is 107 Å². The maximum atomic E-state index is 13.3. The van der Waals surface area contributed by atoms with E-state index in [4.69, 9.17) is 10.7 Å². The molecular formula is C12H10F2N2OS. The number of thioether (sulfide) groups is 1. The van der Waals surface area contributed by atoms with Crippen LogP contribution >= 0.6 is 11.8 Å². The molecule has 1 N–H and O–H groups in total. The number of hydrogen-bond acceptors (Lipinski definition) is 4. The highest BCUT2D eigenvalue weighted by atomic mass is 32.2. The third-order valence-corrected chi connectivity index (χ3v) is 3.20. The van der Waals surface area contributed by atoms with Gasteiger partial charge in [0.2, 0.25) is 0 Å². The Hall–Kier alpha value is -1.74. The highest BCUT2D eigenvalue weighted by Gasteiger charge is 2.20. The van der Waals surface area contributed by atoms with E-state index in [1.807, 2.05) is 0 Å². The normalized spacial score (nSPS) is 11.7. The van der Waals surface area contributed by atoms with Crippen LogP contribution in [0.3, 0.4) is 0 Å². The first-order valence-corrected chi connectivity index (χ1v) is 5.99. The number of nitriles is 1. The summed E-state index contributed by atoms with van der Waals surface area (Å²) in [4.78, 5) is 11.6. The van der Waals surface area contributed by atoms with Crippen molar-refractivity contribution in [2.24, 2.45) is 5.92 Å². The molecule has 0 fully saturated rings. The van der Waals surface area contributed by atoms with Crippen molar-refractivity contribution in [3.8, 4) is 6.07 Å². The van der Waals surface area contributed by atoms with E-state index >= 15 is 0 Å². The smallest absolute Gasteiger partial charge is 0.165 e. The van der Waals surface area contributed by atoms with Crippen molar-refractivity contribution in [1.29, 1.82) is 10.7 Å². The van der Waals surface area contributed by atoms with Crippen LogP contribution < -0.4 is 0 Å². The van der Waals surface area contributed by atoms with Crippen molar-refractivity contribution in [3.05, 3.63) is 29.8 Å². The first kappa shape index (κ1) is 14.3. The van der Waals surface area contributed by atoms with Gasteiger partial charge in [-0.2, -0.15) is 5.26 Å². The average Bonchev–Trinajstić information content (AvgIpc) is 2.30. The molecule has 0 aliphatic carbocycles. The largest absolute Gasteiger partial charge is 0.308 e. The summed E-state index contributed by atoms with van der Waals surface area (Å²) in [5.74, 6) is -2.98. The van der Waals surface area contributed by atoms with E-state index in [0.29, 0.717) is 0 Å². The van der Waals surface area contributed by atoms with Gasteiger partial charge in [0.25, 0.3) is 0 Å². The molecule has 1 unspecified atom stereocenters. The van der Waals surface area contributed by atoms with Crippen molar-refractivity contribution in [1.82, 2.24) is 0 Å². The molecule has 1 rings (SSSR count). The molecule has 6 heteroatoms. The maximum absolute atomic E-state index is 13.3. The molecule has 0 aliphatic rings. The molecule has 0 radical (unpaired) electrons. The molecular weight excluding hydrogens is 258 g/mol. The SMILES string of the molecule is CC(=N)C(C#N)C(=O)CSc1cc(F)ccc1F. The van der Waals surface area contributed by atoms with Crippen molar-refractivity contribution in [2.45, 2.75) is 11.8 Å². The summed E-state index contributed by atoms with van der Waals surface area (Å²) in [7, 11) is 0. The van der Waals surface area contributed by atoms with Crippen LogP contribution in [0.4, 0.5) is 8.78 Å². The predicted octanol–water partition coefficient (Wildman–Crippen LogP) is 2.81. The number of rotatable bonds is 5. The minimum Gasteiger partial charge on any atom is -0.308 e. The number of carbonyl (C=O) groups excluding carboxylic acids is 1. The number of halogens is 2. The zero-order chi connectivity index (χ0) is 13.7. The van der Waals surface area contributed by atoms with Gasteiger partial charge in [-0.05, 0) is 25.1 Å². The molecule has 0 saturated heterocycles. The third kappa shape index (κ3) is 3.64. The van der Waals surface area contributed by atoms with Crippen molar-refractivity contribution >= 4 is 23.3 Å². The van der Waals surface area contributed by atoms with Crippen LogP contribution in [0.25, 0.3) is 0 Å². The second kappa shape index (κ2) is 6.26. The zero-order valence-corrected chi connectivity index (χ0v) is 10.4. The minimum absolute atomic E-state index is 0.0164. The second-order valence-corrected chi connectivity index (χ2v) is 4.59. The van der Waals surface area contributed by atoms with Gasteiger partial charge in [0.05, 0.1) is 11.8 Å². The van der Waals surface area contributed by atoms with Crippen LogP contribution in [0.2, 0.25) is 0 Å². The van der Waals surface area contributed by atoms with Crippen LogP contribution in [0, 0.1) is 34.3 Å². The molecule has 1 aromatic rings. The predicted molar refractivity (Wildman–Crippen MR) is 64.6 cm³/mol. The number of hydrogen-bond donors (Lipinski definition) is 1. The highest BCUT2D eigenvalue weighted by molar-refractivity contribution is 8.00. The number of Topliss-reactive ketones (excluding diaryl/α,β-unsaturated/α-hetero) is 1. The molecule has 0 spiro atoms. The molecule has 1 atom stereocenters. The summed E-state index contributed by atoms with van der Waals surface area (Å²) in [6.07, 6.45) is 0. The summed E-state index contributed by atoms with van der Waals surface area (Å²) >= 11 is 0.818. The molecule has 0 amide bonds. The number of nitrogens with one attached hydrogen (secondary N) is 1. The summed E-state index contributed by atoms with van der Waals surface area (Å²) in [6, 6.07) is 4.67. The van der Waals surface area contributed by atoms with E-state index in [1.54, 1.807) is 6.07 Å². The van der Waals surface area contributed by atoms with Crippen LogP contribution in [0.1, 0.15) is 6.92 Å². The average molecular weight is 268 g/mol. The van der Waals surface area contributed by atoms with Crippen LogP contribution in [-0.4, -0.2) is 17.2 Å². The second-order valence-electron chi connectivity index (χ2n) is 3.57. The Morgan fingerprint density at radius 3 is 2.78 bits per heavy atom. The standard InChI is InChI=1S/C12H10F2N2OS/c1-7(16)9(5-15)11(17)6-18-12-4-8(13)2-3-10(12)14/h2-4,9,16H,6H2,1H3. The Bertz CT molecular complexity index is 525. The van der Waals surface area contributed by atoms with Crippen LogP contribution in [0.5, 0.6) is 0 Å². The van der Waals surface area contributed by atoms with Crippen LogP contribution in [0.15, 0.2) is 23.1 Å². The van der Waals surface area contributed by atoms with Gasteiger partial charge >= 0.3 is 0 Å². The molecule has 94 valence electrons. The minimum atomic E-state index is -1.12. The van der Waals surface area contributed by atoms with Gasteiger partial charge in [-0.3, -0.25) is 4.79 Å². The first-order chi connectivity index (χ1) is 8.45. The molecule has 0 aliphatic heterocycles. The zero-order valence-electron chi connectivity index (χ0n) is 9.54. The van der Waals surface area contributed by atoms with Gasteiger partial charge in [0, 0.05) is 10.6 Å². The van der Waals surface area contributed by atoms with Gasteiger partial charge < -0.3 is 5.41 Å². The number of nitrogens with zero attached hydrogens (tertiary/aromatic N) is 1. The van der Waals surface area contributed by atoms with E-state index in [2.05, 4.69) is 0 Å². The van der Waals surface area contributed by atoms with E-state index in [-0.39, 0.29) is 16.4 Å². The Morgan fingerprint density at radius 2 is 2.22 bits per heavy atom. The molecule has 18 heavy (non-hydrogen) atoms. The fourth-order valence-corrected chi connectivity index (χ4v) is 2.10. The summed E-state index contributed by atoms with van der Waals surface area (Å²) in [6.45, 7) is 1.36. The fraction of sp³-hybridized carbons (Fsp3) is 0.250. The molecule has 0 aromatic heterocycles. The third-order valence-electron chi connectivity index (χ3n) is 2.15. The molecule has 0 bridgehead atoms. The molecule has 0 saturated carbocycles. The Kier molecular flexibility index (Phi) is 4.98. The van der Waals surface area contributed by atoms with Gasteiger partial charge in [-0.1, -0.05) is 0 Å². The Balaban J connectivity index is 2.71. The highest BCUT2D eigenvalue weighted by Crippen LogP contribution is 2.23. The van der Waals surface area contributed by atoms with Crippen molar-refractivity contribution in [2.75, 3.05) is 5.75 Å². The number of carbonyl (C=O) groups is 1. The fourth-order valence-electron chi connectivity index (χ4n) is 1.23. The van der Waals surface area contributed by atoms with Crippen molar-refractivity contribution < 1.29 is 13.6 Å². The van der Waals surface area contributed by atoms with Gasteiger partial charge in [0.1, 0.15) is 17.6 Å². The van der Waals surface area contributed by atoms with Gasteiger partial charge in [0.15, 0.2) is 5.78 Å². The van der Waals surface area contributed by atoms with E-state index in [1.165, 1.54) is 6.92 Å². The lowest BCUT2D eigenvalue weighted by Crippen LogP contribution is -2.21. The van der Waals surface area contributed by atoms with Gasteiger partial charge in [-0.25, -0.2) is 8.78 Å². The van der Waals surface area contributed by atoms with Crippen LogP contribution in [-0.2, 0) is 4.79 Å². The van der Waals surface area contributed by atoms with E-state index < -0.39 is 23.3 Å². The lowest BCUT2D eigenvalue weighted by atomic mass is 10.0. The van der Waals surface area contributed by atoms with Crippen molar-refractivity contribution in [3.63, 3.8) is 0 Å². The number of benzene rings is 1. The maximum Gasteiger partial charge on any atom is 0.165 e. The first-order valence-electron chi connectivity index (χ1n) is 5.01. The van der Waals surface area contributed by atoms with E-state index in [0.717, 1.165) is 30.0 Å². The molecule has 1 aromatic carbocycles. The summed E-state index contributed by atoms with van der Waals surface area (Å²) in [5, 5.41) is 16.0.